The number of phenolic OH excluding ortho intramolecular Hbond substituents is 1. The molecule has 2 aliphatic rings. The van der Waals surface area contributed by atoms with Crippen LogP contribution in [0.25, 0.3) is 0 Å². The summed E-state index contributed by atoms with van der Waals surface area (Å²) in [6.45, 7) is 3.69. The van der Waals surface area contributed by atoms with Gasteiger partial charge in [0.1, 0.15) is 31.3 Å². The number of fused-ring (bicyclic) bond motifs is 1. The first kappa shape index (κ1) is 21.1. The summed E-state index contributed by atoms with van der Waals surface area (Å²) in [5.74, 6) is 2.48. The third-order valence-corrected chi connectivity index (χ3v) is 6.50. The van der Waals surface area contributed by atoms with Crippen LogP contribution >= 0.6 is 15.9 Å². The van der Waals surface area contributed by atoms with Crippen molar-refractivity contribution in [3.05, 3.63) is 81.8 Å². The van der Waals surface area contributed by atoms with Crippen LogP contribution in [-0.2, 0) is 6.61 Å². The van der Waals surface area contributed by atoms with Gasteiger partial charge in [0.2, 0.25) is 0 Å². The molecular formula is C25H25BrN2O4. The number of hydrogen-bond acceptors (Lipinski definition) is 6. The highest BCUT2D eigenvalue weighted by atomic mass is 79.9. The number of halogens is 1. The Kier molecular flexibility index (Phi) is 5.95. The summed E-state index contributed by atoms with van der Waals surface area (Å²) in [6.07, 6.45) is 0. The van der Waals surface area contributed by atoms with Crippen molar-refractivity contribution in [2.24, 2.45) is 0 Å². The number of nitrogens with one attached hydrogen (secondary N) is 2. The van der Waals surface area contributed by atoms with Crippen LogP contribution in [0.3, 0.4) is 0 Å². The molecular weight excluding hydrogens is 472 g/mol. The van der Waals surface area contributed by atoms with Gasteiger partial charge in [-0.1, -0.05) is 40.2 Å². The maximum Gasteiger partial charge on any atom is 0.161 e. The lowest BCUT2D eigenvalue weighted by atomic mass is 9.84. The summed E-state index contributed by atoms with van der Waals surface area (Å²) in [5, 5.41) is 10.8. The number of hydrazine groups is 1. The predicted molar refractivity (Wildman–Crippen MR) is 125 cm³/mol. The molecule has 3 aromatic rings. The van der Waals surface area contributed by atoms with Gasteiger partial charge in [0, 0.05) is 28.1 Å². The van der Waals surface area contributed by atoms with Gasteiger partial charge in [-0.2, -0.15) is 0 Å². The van der Waals surface area contributed by atoms with Gasteiger partial charge in [-0.15, -0.1) is 0 Å². The lowest BCUT2D eigenvalue weighted by Gasteiger charge is -2.25. The molecule has 5 rings (SSSR count). The molecule has 3 unspecified atom stereocenters. The molecule has 3 aromatic carbocycles. The maximum absolute atomic E-state index is 10.8. The molecule has 166 valence electrons. The zero-order valence-corrected chi connectivity index (χ0v) is 19.3. The summed E-state index contributed by atoms with van der Waals surface area (Å²) in [4.78, 5) is 0. The van der Waals surface area contributed by atoms with Gasteiger partial charge < -0.3 is 19.3 Å². The molecule has 0 radical (unpaired) electrons. The van der Waals surface area contributed by atoms with Crippen LogP contribution in [0.2, 0.25) is 0 Å². The van der Waals surface area contributed by atoms with Gasteiger partial charge in [0.05, 0.1) is 6.04 Å². The summed E-state index contributed by atoms with van der Waals surface area (Å²) in [5.41, 5.74) is 9.67. The monoisotopic (exact) mass is 496 g/mol. The number of benzene rings is 3. The second kappa shape index (κ2) is 9.02. The van der Waals surface area contributed by atoms with E-state index >= 15 is 0 Å². The third kappa shape index (κ3) is 4.28. The Morgan fingerprint density at radius 1 is 0.969 bits per heavy atom. The average molecular weight is 497 g/mol. The normalized spacial score (nSPS) is 22.0. The summed E-state index contributed by atoms with van der Waals surface area (Å²) in [7, 11) is 0. The second-order valence-corrected chi connectivity index (χ2v) is 9.04. The first-order chi connectivity index (χ1) is 15.6. The highest BCUT2D eigenvalue weighted by Crippen LogP contribution is 2.43. The topological polar surface area (TPSA) is 72.0 Å². The molecule has 7 heteroatoms. The number of aromatic hydroxyl groups is 1. The van der Waals surface area contributed by atoms with Gasteiger partial charge in [-0.05, 0) is 48.4 Å². The molecule has 0 aliphatic carbocycles. The number of phenols is 1. The molecule has 0 spiro atoms. The van der Waals surface area contributed by atoms with Crippen LogP contribution in [-0.4, -0.2) is 24.4 Å². The van der Waals surface area contributed by atoms with E-state index in [1.807, 2.05) is 48.5 Å². The molecule has 1 saturated heterocycles. The minimum atomic E-state index is -0.104. The van der Waals surface area contributed by atoms with Crippen LogP contribution in [0.1, 0.15) is 35.6 Å². The minimum absolute atomic E-state index is 0.103. The quantitative estimate of drug-likeness (QED) is 0.470. The number of hydrogen-bond donors (Lipinski definition) is 3. The molecule has 0 amide bonds. The molecule has 1 fully saturated rings. The Hall–Kier alpha value is -2.74. The van der Waals surface area contributed by atoms with E-state index in [9.17, 15) is 5.11 Å². The van der Waals surface area contributed by atoms with Crippen molar-refractivity contribution in [1.29, 1.82) is 0 Å². The summed E-state index contributed by atoms with van der Waals surface area (Å²) in [6, 6.07) is 19.6. The molecule has 32 heavy (non-hydrogen) atoms. The van der Waals surface area contributed by atoms with Crippen molar-refractivity contribution in [2.45, 2.75) is 31.5 Å². The van der Waals surface area contributed by atoms with Gasteiger partial charge in [-0.3, -0.25) is 5.43 Å². The first-order valence-electron chi connectivity index (χ1n) is 10.7. The summed E-state index contributed by atoms with van der Waals surface area (Å²) >= 11 is 3.44. The van der Waals surface area contributed by atoms with Crippen LogP contribution in [0, 0.1) is 0 Å². The van der Waals surface area contributed by atoms with Crippen LogP contribution in [0.4, 0.5) is 0 Å². The van der Waals surface area contributed by atoms with E-state index in [1.165, 1.54) is 0 Å². The molecule has 3 N–H and O–H groups in total. The second-order valence-electron chi connectivity index (χ2n) is 8.12. The molecule has 0 bridgehead atoms. The molecule has 0 saturated carbocycles. The van der Waals surface area contributed by atoms with Gasteiger partial charge >= 0.3 is 0 Å². The Morgan fingerprint density at radius 3 is 2.53 bits per heavy atom. The SMILES string of the molecule is CC1NNC(c2ccc(OCc3ccc(Br)cc3)cc2O)C1c1ccc2c(c1)OCCO2. The maximum atomic E-state index is 10.8. The third-order valence-electron chi connectivity index (χ3n) is 5.97. The largest absolute Gasteiger partial charge is 0.507 e. The van der Waals surface area contributed by atoms with E-state index in [-0.39, 0.29) is 23.8 Å². The number of rotatable bonds is 5. The van der Waals surface area contributed by atoms with Gasteiger partial charge in [-0.25, -0.2) is 5.43 Å². The Morgan fingerprint density at radius 2 is 1.75 bits per heavy atom. The number of ether oxygens (including phenoxy) is 3. The van der Waals surface area contributed by atoms with E-state index in [0.717, 1.165) is 32.7 Å². The Bertz CT molecular complexity index is 1110. The molecule has 0 aromatic heterocycles. The van der Waals surface area contributed by atoms with E-state index in [1.54, 1.807) is 6.07 Å². The molecule has 3 atom stereocenters. The standard InChI is InChI=1S/C25H25BrN2O4/c1-15-24(17-4-9-22-23(12-17)31-11-10-30-22)25(28-27-15)20-8-7-19(13-21(20)29)32-14-16-2-5-18(26)6-3-16/h2-9,12-13,15,24-25,27-29H,10-11,14H2,1H3. The smallest absolute Gasteiger partial charge is 0.161 e. The van der Waals surface area contributed by atoms with Crippen molar-refractivity contribution < 1.29 is 19.3 Å². The zero-order valence-electron chi connectivity index (χ0n) is 17.7. The summed E-state index contributed by atoms with van der Waals surface area (Å²) < 4.78 is 18.3. The van der Waals surface area contributed by atoms with Crippen molar-refractivity contribution in [3.8, 4) is 23.0 Å². The van der Waals surface area contributed by atoms with Gasteiger partial charge in [0.25, 0.3) is 0 Å². The zero-order chi connectivity index (χ0) is 22.1. The van der Waals surface area contributed by atoms with Crippen molar-refractivity contribution in [1.82, 2.24) is 10.9 Å². The van der Waals surface area contributed by atoms with Crippen LogP contribution < -0.4 is 25.1 Å². The Balaban J connectivity index is 1.35. The first-order valence-corrected chi connectivity index (χ1v) is 11.5. The van der Waals surface area contributed by atoms with E-state index in [2.05, 4.69) is 39.8 Å². The lowest BCUT2D eigenvalue weighted by Crippen LogP contribution is -2.29. The fourth-order valence-corrected chi connectivity index (χ4v) is 4.60. The molecule has 2 heterocycles. The van der Waals surface area contributed by atoms with Crippen LogP contribution in [0.15, 0.2) is 65.1 Å². The Labute approximate surface area is 195 Å². The highest BCUT2D eigenvalue weighted by Gasteiger charge is 2.37. The average Bonchev–Trinajstić information content (AvgIpc) is 3.19. The predicted octanol–water partition coefficient (Wildman–Crippen LogP) is 4.83. The fourth-order valence-electron chi connectivity index (χ4n) is 4.33. The van der Waals surface area contributed by atoms with Gasteiger partial charge in [0.15, 0.2) is 11.5 Å². The lowest BCUT2D eigenvalue weighted by molar-refractivity contribution is 0.171. The highest BCUT2D eigenvalue weighted by molar-refractivity contribution is 9.10. The van der Waals surface area contributed by atoms with E-state index < -0.39 is 0 Å². The van der Waals surface area contributed by atoms with E-state index in [4.69, 9.17) is 14.2 Å². The fraction of sp³-hybridized carbons (Fsp3) is 0.280. The minimum Gasteiger partial charge on any atom is -0.507 e. The van der Waals surface area contributed by atoms with Crippen molar-refractivity contribution >= 4 is 15.9 Å². The molecule has 2 aliphatic heterocycles. The molecule has 6 nitrogen and oxygen atoms in total. The van der Waals surface area contributed by atoms with E-state index in [0.29, 0.717) is 25.6 Å². The van der Waals surface area contributed by atoms with Crippen LogP contribution in [0.5, 0.6) is 23.0 Å². The van der Waals surface area contributed by atoms with Crippen molar-refractivity contribution in [2.75, 3.05) is 13.2 Å². The van der Waals surface area contributed by atoms with Crippen molar-refractivity contribution in [3.63, 3.8) is 0 Å².